The molecule has 7 nitrogen and oxygen atoms in total. The number of rotatable bonds is 3. The van der Waals surface area contributed by atoms with Gasteiger partial charge in [-0.25, -0.2) is 0 Å². The van der Waals surface area contributed by atoms with E-state index in [1.165, 1.54) is 0 Å². The zero-order valence-electron chi connectivity index (χ0n) is 13.2. The molecule has 0 N–H and O–H groups in total. The van der Waals surface area contributed by atoms with E-state index in [0.29, 0.717) is 30.0 Å². The molecule has 0 saturated carbocycles. The van der Waals surface area contributed by atoms with Crippen LogP contribution in [-0.2, 0) is 18.3 Å². The average Bonchev–Trinajstić information content (AvgIpc) is 2.98. The maximum Gasteiger partial charge on any atom is 0.246 e. The van der Waals surface area contributed by atoms with E-state index in [2.05, 4.69) is 20.1 Å². The van der Waals surface area contributed by atoms with Gasteiger partial charge in [-0.15, -0.1) is 0 Å². The normalized spacial score (nSPS) is 23.1. The SMILES string of the molecule is Cc1noc([C@@H]2[C@@H](C)OCCN2Cc2c(C)nn(C)c2Cl)n1. The zero-order valence-corrected chi connectivity index (χ0v) is 14.0. The summed E-state index contributed by atoms with van der Waals surface area (Å²) in [4.78, 5) is 6.63. The van der Waals surface area contributed by atoms with Gasteiger partial charge >= 0.3 is 0 Å². The Bertz CT molecular complexity index is 668. The van der Waals surface area contributed by atoms with E-state index in [9.17, 15) is 0 Å². The summed E-state index contributed by atoms with van der Waals surface area (Å²) in [5, 5.41) is 8.93. The summed E-state index contributed by atoms with van der Waals surface area (Å²) in [6, 6.07) is -0.0781. The number of aromatic nitrogens is 4. The van der Waals surface area contributed by atoms with Gasteiger partial charge in [-0.3, -0.25) is 9.58 Å². The lowest BCUT2D eigenvalue weighted by Crippen LogP contribution is -2.43. The van der Waals surface area contributed by atoms with Crippen molar-refractivity contribution in [1.29, 1.82) is 0 Å². The van der Waals surface area contributed by atoms with Gasteiger partial charge in [-0.1, -0.05) is 16.8 Å². The standard InChI is InChI=1S/C14H20ClN5O2/c1-8-11(13(15)19(4)17-8)7-20-5-6-21-9(2)12(20)14-16-10(3)18-22-14/h9,12H,5-7H2,1-4H3/t9-,12+/m1/s1. The van der Waals surface area contributed by atoms with Crippen molar-refractivity contribution in [3.63, 3.8) is 0 Å². The topological polar surface area (TPSA) is 69.2 Å². The van der Waals surface area contributed by atoms with Crippen molar-refractivity contribution in [1.82, 2.24) is 24.8 Å². The fourth-order valence-electron chi connectivity index (χ4n) is 2.91. The van der Waals surface area contributed by atoms with Gasteiger partial charge in [0.1, 0.15) is 11.2 Å². The van der Waals surface area contributed by atoms with E-state index >= 15 is 0 Å². The summed E-state index contributed by atoms with van der Waals surface area (Å²) in [5.74, 6) is 1.21. The highest BCUT2D eigenvalue weighted by Crippen LogP contribution is 2.31. The Morgan fingerprint density at radius 2 is 2.14 bits per heavy atom. The van der Waals surface area contributed by atoms with Crippen LogP contribution in [-0.4, -0.2) is 44.1 Å². The third-order valence-electron chi connectivity index (χ3n) is 4.02. The van der Waals surface area contributed by atoms with Crippen LogP contribution in [0.2, 0.25) is 5.15 Å². The summed E-state index contributed by atoms with van der Waals surface area (Å²) in [6.07, 6.45) is -0.0237. The molecular weight excluding hydrogens is 306 g/mol. The van der Waals surface area contributed by atoms with E-state index in [0.717, 1.165) is 17.8 Å². The molecule has 2 aromatic rings. The Labute approximate surface area is 134 Å². The second-order valence-corrected chi connectivity index (χ2v) is 6.01. The van der Waals surface area contributed by atoms with Crippen LogP contribution in [0.1, 0.15) is 35.9 Å². The first-order valence-electron chi connectivity index (χ1n) is 7.31. The van der Waals surface area contributed by atoms with Gasteiger partial charge in [0.25, 0.3) is 0 Å². The predicted octanol–water partition coefficient (Wildman–Crippen LogP) is 2.04. The van der Waals surface area contributed by atoms with Crippen molar-refractivity contribution in [3.8, 4) is 0 Å². The number of hydrogen-bond donors (Lipinski definition) is 0. The molecule has 0 amide bonds. The Balaban J connectivity index is 1.89. The fraction of sp³-hybridized carbons (Fsp3) is 0.643. The molecule has 8 heteroatoms. The largest absolute Gasteiger partial charge is 0.375 e. The zero-order chi connectivity index (χ0) is 15.9. The lowest BCUT2D eigenvalue weighted by atomic mass is 10.1. The quantitative estimate of drug-likeness (QED) is 0.860. The molecule has 0 aliphatic carbocycles. The lowest BCUT2D eigenvalue weighted by Gasteiger charge is -2.37. The number of aryl methyl sites for hydroxylation is 3. The molecule has 0 spiro atoms. The smallest absolute Gasteiger partial charge is 0.246 e. The van der Waals surface area contributed by atoms with Crippen LogP contribution in [0, 0.1) is 13.8 Å². The van der Waals surface area contributed by atoms with Crippen LogP contribution in [0.4, 0.5) is 0 Å². The summed E-state index contributed by atoms with van der Waals surface area (Å²) >= 11 is 6.36. The molecule has 120 valence electrons. The first-order chi connectivity index (χ1) is 10.5. The number of nitrogens with zero attached hydrogens (tertiary/aromatic N) is 5. The van der Waals surface area contributed by atoms with Gasteiger partial charge < -0.3 is 9.26 Å². The van der Waals surface area contributed by atoms with Crippen molar-refractivity contribution in [2.75, 3.05) is 13.2 Å². The predicted molar refractivity (Wildman–Crippen MR) is 80.6 cm³/mol. The van der Waals surface area contributed by atoms with E-state index < -0.39 is 0 Å². The van der Waals surface area contributed by atoms with Crippen LogP contribution < -0.4 is 0 Å². The monoisotopic (exact) mass is 325 g/mol. The molecule has 0 unspecified atom stereocenters. The highest BCUT2D eigenvalue weighted by molar-refractivity contribution is 6.30. The van der Waals surface area contributed by atoms with Crippen molar-refractivity contribution >= 4 is 11.6 Å². The molecule has 3 heterocycles. The van der Waals surface area contributed by atoms with E-state index in [4.69, 9.17) is 20.9 Å². The van der Waals surface area contributed by atoms with Gasteiger partial charge in [0.05, 0.1) is 18.4 Å². The van der Waals surface area contributed by atoms with E-state index in [1.54, 1.807) is 4.68 Å². The average molecular weight is 326 g/mol. The maximum absolute atomic E-state index is 6.36. The molecule has 2 atom stereocenters. The lowest BCUT2D eigenvalue weighted by molar-refractivity contribution is -0.0763. The highest BCUT2D eigenvalue weighted by Gasteiger charge is 2.35. The van der Waals surface area contributed by atoms with Crippen molar-refractivity contribution < 1.29 is 9.26 Å². The molecular formula is C14H20ClN5O2. The first kappa shape index (κ1) is 15.5. The summed E-state index contributed by atoms with van der Waals surface area (Å²) in [7, 11) is 1.85. The minimum atomic E-state index is -0.0781. The van der Waals surface area contributed by atoms with Crippen molar-refractivity contribution in [3.05, 3.63) is 28.1 Å². The summed E-state index contributed by atoms with van der Waals surface area (Å²) in [5.41, 5.74) is 1.96. The van der Waals surface area contributed by atoms with E-state index in [-0.39, 0.29) is 12.1 Å². The van der Waals surface area contributed by atoms with Crippen LogP contribution in [0.3, 0.4) is 0 Å². The molecule has 0 bridgehead atoms. The Kier molecular flexibility index (Phi) is 4.20. The third kappa shape index (κ3) is 2.76. The minimum Gasteiger partial charge on any atom is -0.375 e. The Hall–Kier alpha value is -1.44. The minimum absolute atomic E-state index is 0.0237. The van der Waals surface area contributed by atoms with E-state index in [1.807, 2.05) is 27.8 Å². The number of hydrogen-bond acceptors (Lipinski definition) is 6. The fourth-order valence-corrected chi connectivity index (χ4v) is 3.14. The van der Waals surface area contributed by atoms with Crippen LogP contribution in [0.25, 0.3) is 0 Å². The maximum atomic E-state index is 6.36. The van der Waals surface area contributed by atoms with Gasteiger partial charge in [0.15, 0.2) is 5.82 Å². The number of halogens is 1. The molecule has 1 aliphatic heterocycles. The summed E-state index contributed by atoms with van der Waals surface area (Å²) in [6.45, 7) is 7.93. The van der Waals surface area contributed by atoms with Gasteiger partial charge in [0.2, 0.25) is 5.89 Å². The molecule has 1 saturated heterocycles. The number of morpholine rings is 1. The van der Waals surface area contributed by atoms with Gasteiger partial charge in [-0.2, -0.15) is 10.1 Å². The Morgan fingerprint density at radius 1 is 1.36 bits per heavy atom. The van der Waals surface area contributed by atoms with Gasteiger partial charge in [-0.05, 0) is 20.8 Å². The first-order valence-corrected chi connectivity index (χ1v) is 7.69. The molecule has 2 aromatic heterocycles. The molecule has 1 fully saturated rings. The molecule has 0 radical (unpaired) electrons. The highest BCUT2D eigenvalue weighted by atomic mass is 35.5. The van der Waals surface area contributed by atoms with Crippen LogP contribution in [0.5, 0.6) is 0 Å². The second kappa shape index (κ2) is 5.98. The second-order valence-electron chi connectivity index (χ2n) is 5.65. The molecule has 3 rings (SSSR count). The van der Waals surface area contributed by atoms with Gasteiger partial charge in [0, 0.05) is 25.7 Å². The van der Waals surface area contributed by atoms with Crippen LogP contribution in [0.15, 0.2) is 4.52 Å². The van der Waals surface area contributed by atoms with Crippen molar-refractivity contribution in [2.24, 2.45) is 7.05 Å². The van der Waals surface area contributed by atoms with Crippen molar-refractivity contribution in [2.45, 2.75) is 39.5 Å². The molecule has 0 aromatic carbocycles. The summed E-state index contributed by atoms with van der Waals surface area (Å²) < 4.78 is 12.8. The molecule has 22 heavy (non-hydrogen) atoms. The third-order valence-corrected chi connectivity index (χ3v) is 4.50. The number of ether oxygens (including phenoxy) is 1. The Morgan fingerprint density at radius 3 is 2.73 bits per heavy atom. The molecule has 1 aliphatic rings. The van der Waals surface area contributed by atoms with Crippen LogP contribution >= 0.6 is 11.6 Å².